The van der Waals surface area contributed by atoms with Gasteiger partial charge in [-0.25, -0.2) is 9.78 Å². The third kappa shape index (κ3) is 5.92. The molecule has 1 aliphatic heterocycles. The summed E-state index contributed by atoms with van der Waals surface area (Å²) in [6, 6.07) is 5.21. The molecule has 2 aliphatic rings. The molecule has 5 rings (SSSR count). The lowest BCUT2D eigenvalue weighted by Crippen LogP contribution is -2.51. The number of pyridine rings is 1. The molecule has 1 aliphatic carbocycles. The maximum atomic E-state index is 13.3. The van der Waals surface area contributed by atoms with Gasteiger partial charge in [-0.2, -0.15) is 9.61 Å². The number of methoxy groups -OCH3 is 1. The number of aliphatic hydroxyl groups is 1. The molecule has 0 aromatic carbocycles. The maximum Gasteiger partial charge on any atom is 0.415 e. The highest BCUT2D eigenvalue weighted by Crippen LogP contribution is 2.28. The molecule has 0 spiro atoms. The molecule has 1 unspecified atom stereocenters. The number of allylic oxidation sites excluding steroid dienone is 2. The predicted molar refractivity (Wildman–Crippen MR) is 157 cm³/mol. The number of anilines is 3. The van der Waals surface area contributed by atoms with E-state index in [0.717, 1.165) is 18.5 Å². The Morgan fingerprint density at radius 1 is 1.19 bits per heavy atom. The van der Waals surface area contributed by atoms with Crippen molar-refractivity contribution in [1.29, 1.82) is 0 Å². The number of hydrogen-bond donors (Lipinski definition) is 3. The van der Waals surface area contributed by atoms with Gasteiger partial charge in [-0.1, -0.05) is 0 Å². The van der Waals surface area contributed by atoms with Crippen LogP contribution in [-0.2, 0) is 9.47 Å². The largest absolute Gasteiger partial charge is 0.443 e. The van der Waals surface area contributed by atoms with Crippen LogP contribution in [0.2, 0.25) is 0 Å². The first-order valence-electron chi connectivity index (χ1n) is 13.7. The van der Waals surface area contributed by atoms with Crippen LogP contribution in [0.15, 0.2) is 54.6 Å². The highest BCUT2D eigenvalue weighted by molar-refractivity contribution is 6.00. The van der Waals surface area contributed by atoms with Gasteiger partial charge >= 0.3 is 6.09 Å². The molecule has 0 radical (unpaired) electrons. The van der Waals surface area contributed by atoms with Crippen molar-refractivity contribution in [2.45, 2.75) is 64.5 Å². The van der Waals surface area contributed by atoms with Gasteiger partial charge in [-0.15, -0.1) is 0 Å². The van der Waals surface area contributed by atoms with Gasteiger partial charge in [-0.3, -0.25) is 14.7 Å². The molecule has 3 N–H and O–H groups in total. The van der Waals surface area contributed by atoms with Crippen molar-refractivity contribution in [3.63, 3.8) is 0 Å². The van der Waals surface area contributed by atoms with Gasteiger partial charge in [-0.05, 0) is 64.8 Å². The van der Waals surface area contributed by atoms with Crippen LogP contribution >= 0.6 is 0 Å². The Morgan fingerprint density at radius 2 is 1.98 bits per heavy atom. The van der Waals surface area contributed by atoms with Crippen molar-refractivity contribution in [2.75, 3.05) is 29.3 Å². The van der Waals surface area contributed by atoms with Crippen LogP contribution in [0.3, 0.4) is 0 Å². The van der Waals surface area contributed by atoms with E-state index in [1.165, 1.54) is 15.6 Å². The molecule has 0 saturated heterocycles. The molecule has 222 valence electrons. The molecule has 13 heteroatoms. The summed E-state index contributed by atoms with van der Waals surface area (Å²) in [6.07, 6.45) is 8.27. The number of aromatic nitrogens is 4. The second kappa shape index (κ2) is 11.4. The Kier molecular flexibility index (Phi) is 7.89. The van der Waals surface area contributed by atoms with E-state index < -0.39 is 17.9 Å². The Hall–Kier alpha value is -4.49. The van der Waals surface area contributed by atoms with Crippen LogP contribution in [-0.4, -0.2) is 74.8 Å². The third-order valence-electron chi connectivity index (χ3n) is 7.07. The quantitative estimate of drug-likeness (QED) is 0.383. The fourth-order valence-electron chi connectivity index (χ4n) is 4.65. The molecule has 42 heavy (non-hydrogen) atoms. The van der Waals surface area contributed by atoms with Gasteiger partial charge in [0.25, 0.3) is 5.91 Å². The zero-order valence-electron chi connectivity index (χ0n) is 24.5. The number of amides is 2. The van der Waals surface area contributed by atoms with Crippen molar-refractivity contribution in [1.82, 2.24) is 24.9 Å². The number of carbonyl (C=O) groups excluding carboxylic acids is 2. The number of carbonyl (C=O) groups is 2. The minimum atomic E-state index is -1.08. The predicted octanol–water partition coefficient (Wildman–Crippen LogP) is 3.36. The average molecular weight is 577 g/mol. The van der Waals surface area contributed by atoms with Crippen molar-refractivity contribution >= 4 is 35.0 Å². The minimum Gasteiger partial charge on any atom is -0.443 e. The molecule has 0 bridgehead atoms. The normalized spacial score (nSPS) is 20.1. The van der Waals surface area contributed by atoms with Crippen LogP contribution in [0, 0.1) is 6.92 Å². The summed E-state index contributed by atoms with van der Waals surface area (Å²) in [5.74, 6) is 0.226. The first-order chi connectivity index (χ1) is 19.9. The molecular weight excluding hydrogens is 540 g/mol. The van der Waals surface area contributed by atoms with E-state index in [2.05, 4.69) is 25.7 Å². The highest BCUT2D eigenvalue weighted by Gasteiger charge is 2.33. The van der Waals surface area contributed by atoms with Gasteiger partial charge in [0, 0.05) is 32.1 Å². The SMILES string of the molecule is CO[C@H]1CC[C@@H]1NC(=O)c1cnn2c(N(C)C(=O)OC(C)(C)C)cc(NC3=CC=CN(c4ccc(C)nc4)C3O)nc12. The molecular formula is C29H36N8O5. The lowest BCUT2D eigenvalue weighted by atomic mass is 9.89. The number of ether oxygens (including phenoxy) is 2. The maximum absolute atomic E-state index is 13.3. The van der Waals surface area contributed by atoms with Crippen LogP contribution < -0.4 is 20.4 Å². The van der Waals surface area contributed by atoms with E-state index >= 15 is 0 Å². The van der Waals surface area contributed by atoms with Gasteiger partial charge in [0.2, 0.25) is 0 Å². The molecule has 3 aromatic rings. The minimum absolute atomic E-state index is 0.0469. The van der Waals surface area contributed by atoms with E-state index in [9.17, 15) is 14.7 Å². The summed E-state index contributed by atoms with van der Waals surface area (Å²) in [6.45, 7) is 7.22. The van der Waals surface area contributed by atoms with Crippen molar-refractivity contribution in [2.24, 2.45) is 0 Å². The van der Waals surface area contributed by atoms with Gasteiger partial charge in [0.05, 0.1) is 35.9 Å². The Morgan fingerprint density at radius 3 is 2.62 bits per heavy atom. The zero-order valence-corrected chi connectivity index (χ0v) is 24.5. The average Bonchev–Trinajstić information content (AvgIpc) is 3.35. The van der Waals surface area contributed by atoms with Crippen LogP contribution in [0.4, 0.5) is 22.1 Å². The highest BCUT2D eigenvalue weighted by atomic mass is 16.6. The number of hydrogen-bond acceptors (Lipinski definition) is 10. The van der Waals surface area contributed by atoms with Crippen molar-refractivity contribution in [3.8, 4) is 0 Å². The summed E-state index contributed by atoms with van der Waals surface area (Å²) in [7, 11) is 3.17. The van der Waals surface area contributed by atoms with Gasteiger partial charge in [0.15, 0.2) is 11.9 Å². The Bertz CT molecular complexity index is 1540. The summed E-state index contributed by atoms with van der Waals surface area (Å²) in [5.41, 5.74) is 1.70. The lowest BCUT2D eigenvalue weighted by molar-refractivity contribution is 0.00732. The monoisotopic (exact) mass is 576 g/mol. The van der Waals surface area contributed by atoms with Gasteiger partial charge in [0.1, 0.15) is 22.8 Å². The number of nitrogens with zero attached hydrogens (tertiary/aromatic N) is 6. The lowest BCUT2D eigenvalue weighted by Gasteiger charge is -2.35. The topological polar surface area (TPSA) is 146 Å². The second-order valence-corrected chi connectivity index (χ2v) is 11.3. The van der Waals surface area contributed by atoms with E-state index in [1.54, 1.807) is 70.4 Å². The summed E-state index contributed by atoms with van der Waals surface area (Å²) in [5, 5.41) is 21.8. The number of aryl methyl sites for hydroxylation is 1. The number of nitrogens with one attached hydrogen (secondary N) is 2. The third-order valence-corrected chi connectivity index (χ3v) is 7.07. The van der Waals surface area contributed by atoms with Crippen LogP contribution in [0.1, 0.15) is 49.7 Å². The van der Waals surface area contributed by atoms with Crippen molar-refractivity contribution in [3.05, 3.63) is 65.9 Å². The molecule has 3 aromatic heterocycles. The summed E-state index contributed by atoms with van der Waals surface area (Å²) in [4.78, 5) is 38.3. The molecule has 1 fully saturated rings. The molecule has 2 amide bonds. The van der Waals surface area contributed by atoms with E-state index in [-0.39, 0.29) is 35.1 Å². The van der Waals surface area contributed by atoms with Crippen LogP contribution in [0.5, 0.6) is 0 Å². The molecule has 4 heterocycles. The van der Waals surface area contributed by atoms with Crippen LogP contribution in [0.25, 0.3) is 5.65 Å². The summed E-state index contributed by atoms with van der Waals surface area (Å²) >= 11 is 0. The second-order valence-electron chi connectivity index (χ2n) is 11.3. The molecule has 13 nitrogen and oxygen atoms in total. The standard InChI is InChI=1S/C29H36N8O5/c1-17-9-10-18(15-30-17)36-13-7-8-21(27(36)39)32-23-14-24(35(5)28(40)42-29(2,3)4)37-25(34-23)19(16-31-37)26(38)33-20-11-12-22(20)41-6/h7-10,13-16,20,22,27,39H,11-12H2,1-6H3,(H,32,34)(H,33,38)/t20-,22-,27?/m0/s1. The smallest absolute Gasteiger partial charge is 0.415 e. The molecule has 3 atom stereocenters. The van der Waals surface area contributed by atoms with E-state index in [4.69, 9.17) is 9.47 Å². The van der Waals surface area contributed by atoms with E-state index in [1.807, 2.05) is 19.1 Å². The van der Waals surface area contributed by atoms with E-state index in [0.29, 0.717) is 17.2 Å². The Balaban J connectivity index is 1.49. The number of rotatable bonds is 7. The fourth-order valence-corrected chi connectivity index (χ4v) is 4.65. The number of fused-ring (bicyclic) bond motifs is 1. The Labute approximate surface area is 243 Å². The fraction of sp³-hybridized carbons (Fsp3) is 0.414. The first-order valence-corrected chi connectivity index (χ1v) is 13.7. The van der Waals surface area contributed by atoms with Gasteiger partial charge < -0.3 is 30.1 Å². The van der Waals surface area contributed by atoms with Crippen molar-refractivity contribution < 1.29 is 24.2 Å². The molecule has 1 saturated carbocycles. The summed E-state index contributed by atoms with van der Waals surface area (Å²) < 4.78 is 12.4. The first kappa shape index (κ1) is 29.0. The number of aliphatic hydroxyl groups excluding tert-OH is 1. The zero-order chi connectivity index (χ0) is 30.2.